The van der Waals surface area contributed by atoms with Crippen LogP contribution < -0.4 is 5.32 Å². The van der Waals surface area contributed by atoms with Crippen molar-refractivity contribution in [1.29, 1.82) is 0 Å². The molecule has 2 heterocycles. The Kier molecular flexibility index (Phi) is 6.55. The van der Waals surface area contributed by atoms with Gasteiger partial charge in [0.25, 0.3) is 0 Å². The molecule has 0 spiro atoms. The van der Waals surface area contributed by atoms with Crippen LogP contribution in [0, 0.1) is 5.82 Å². The van der Waals surface area contributed by atoms with Crippen molar-refractivity contribution in [3.63, 3.8) is 0 Å². The Morgan fingerprint density at radius 1 is 1.24 bits per heavy atom. The summed E-state index contributed by atoms with van der Waals surface area (Å²) in [4.78, 5) is 16.2. The van der Waals surface area contributed by atoms with Crippen molar-refractivity contribution >= 4 is 17.2 Å². The minimum atomic E-state index is -0.302. The molecule has 134 valence electrons. The molecule has 3 rings (SSSR count). The minimum Gasteiger partial charge on any atom is -0.379 e. The first-order chi connectivity index (χ1) is 12.2. The lowest BCUT2D eigenvalue weighted by molar-refractivity contribution is -0.122. The van der Waals surface area contributed by atoms with Crippen molar-refractivity contribution < 1.29 is 13.9 Å². The summed E-state index contributed by atoms with van der Waals surface area (Å²) in [6.45, 7) is 4.76. The average molecular weight is 362 g/mol. The predicted octanol–water partition coefficient (Wildman–Crippen LogP) is 2.66. The molecule has 1 aliphatic heterocycles. The minimum absolute atomic E-state index is 0.00623. The number of nitrogens with zero attached hydrogens (tertiary/aromatic N) is 1. The van der Waals surface area contributed by atoms with E-state index in [-0.39, 0.29) is 17.6 Å². The Bertz CT molecular complexity index is 655. The molecule has 2 aromatic rings. The van der Waals surface area contributed by atoms with Gasteiger partial charge in [-0.15, -0.1) is 11.3 Å². The van der Waals surface area contributed by atoms with E-state index in [1.54, 1.807) is 23.5 Å². The molecule has 0 radical (unpaired) electrons. The van der Waals surface area contributed by atoms with Gasteiger partial charge in [-0.05, 0) is 35.6 Å². The topological polar surface area (TPSA) is 41.6 Å². The van der Waals surface area contributed by atoms with Crippen LogP contribution in [0.2, 0.25) is 0 Å². The second kappa shape index (κ2) is 9.08. The van der Waals surface area contributed by atoms with Gasteiger partial charge in [0.1, 0.15) is 5.82 Å². The van der Waals surface area contributed by atoms with Crippen LogP contribution in [0.3, 0.4) is 0 Å². The largest absolute Gasteiger partial charge is 0.379 e. The highest BCUT2D eigenvalue weighted by molar-refractivity contribution is 7.09. The second-order valence-corrected chi connectivity index (χ2v) is 7.16. The van der Waals surface area contributed by atoms with Crippen molar-refractivity contribution in [2.75, 3.05) is 39.4 Å². The number of carbonyl (C=O) groups excluding carboxylic acids is 1. The summed E-state index contributed by atoms with van der Waals surface area (Å²) >= 11 is 1.64. The first kappa shape index (κ1) is 18.0. The van der Waals surface area contributed by atoms with Crippen molar-refractivity contribution in [2.24, 2.45) is 0 Å². The lowest BCUT2D eigenvalue weighted by Gasteiger charge is -2.27. The maximum absolute atomic E-state index is 13.2. The fourth-order valence-corrected chi connectivity index (χ4v) is 3.72. The van der Waals surface area contributed by atoms with Gasteiger partial charge in [0, 0.05) is 31.1 Å². The number of carbonyl (C=O) groups is 1. The van der Waals surface area contributed by atoms with Crippen LogP contribution in [0.15, 0.2) is 41.8 Å². The summed E-state index contributed by atoms with van der Waals surface area (Å²) in [6, 6.07) is 10.3. The van der Waals surface area contributed by atoms with Gasteiger partial charge in [0.15, 0.2) is 0 Å². The van der Waals surface area contributed by atoms with Gasteiger partial charge in [0.05, 0.1) is 19.1 Å². The Morgan fingerprint density at radius 3 is 2.68 bits per heavy atom. The zero-order chi connectivity index (χ0) is 17.5. The first-order valence-electron chi connectivity index (χ1n) is 8.58. The standard InChI is InChI=1S/C19H23FN2O2S/c20-16-5-3-15(4-6-16)18(14-17-2-1-13-25-17)19(23)21-7-8-22-9-11-24-12-10-22/h1-6,13,18H,7-12,14H2,(H,21,23). The zero-order valence-corrected chi connectivity index (χ0v) is 14.9. The summed E-state index contributed by atoms with van der Waals surface area (Å²) in [6.07, 6.45) is 0.632. The summed E-state index contributed by atoms with van der Waals surface area (Å²) in [7, 11) is 0. The summed E-state index contributed by atoms with van der Waals surface area (Å²) in [5.41, 5.74) is 0.846. The van der Waals surface area contributed by atoms with Crippen molar-refractivity contribution in [3.8, 4) is 0 Å². The van der Waals surface area contributed by atoms with Gasteiger partial charge in [0.2, 0.25) is 5.91 Å². The summed E-state index contributed by atoms with van der Waals surface area (Å²) < 4.78 is 18.6. The van der Waals surface area contributed by atoms with E-state index in [1.807, 2.05) is 17.5 Å². The fraction of sp³-hybridized carbons (Fsp3) is 0.421. The van der Waals surface area contributed by atoms with Gasteiger partial charge in [-0.2, -0.15) is 0 Å². The molecule has 6 heteroatoms. The lowest BCUT2D eigenvalue weighted by atomic mass is 9.94. The maximum atomic E-state index is 13.2. The van der Waals surface area contributed by atoms with Crippen LogP contribution in [-0.4, -0.2) is 50.2 Å². The highest BCUT2D eigenvalue weighted by atomic mass is 32.1. The number of morpholine rings is 1. The number of rotatable bonds is 7. The molecule has 1 unspecified atom stereocenters. The van der Waals surface area contributed by atoms with E-state index < -0.39 is 0 Å². The number of halogens is 1. The zero-order valence-electron chi connectivity index (χ0n) is 14.1. The van der Waals surface area contributed by atoms with Crippen LogP contribution in [0.1, 0.15) is 16.4 Å². The monoisotopic (exact) mass is 362 g/mol. The summed E-state index contributed by atoms with van der Waals surface area (Å²) in [5, 5.41) is 5.05. The van der Waals surface area contributed by atoms with Crippen molar-refractivity contribution in [1.82, 2.24) is 10.2 Å². The number of hydrogen-bond acceptors (Lipinski definition) is 4. The highest BCUT2D eigenvalue weighted by Crippen LogP contribution is 2.24. The number of thiophene rings is 1. The molecule has 25 heavy (non-hydrogen) atoms. The number of amides is 1. The molecule has 1 fully saturated rings. The van der Waals surface area contributed by atoms with Gasteiger partial charge in [-0.1, -0.05) is 18.2 Å². The Balaban J connectivity index is 1.61. The summed E-state index contributed by atoms with van der Waals surface area (Å²) in [5.74, 6) is -0.594. The molecule has 1 aromatic heterocycles. The van der Waals surface area contributed by atoms with Gasteiger partial charge < -0.3 is 10.1 Å². The molecule has 1 saturated heterocycles. The Hall–Kier alpha value is -1.76. The highest BCUT2D eigenvalue weighted by Gasteiger charge is 2.22. The molecule has 0 bridgehead atoms. The molecule has 1 amide bonds. The third kappa shape index (κ3) is 5.36. The SMILES string of the molecule is O=C(NCCN1CCOCC1)C(Cc1cccs1)c1ccc(F)cc1. The van der Waals surface area contributed by atoms with Crippen LogP contribution >= 0.6 is 11.3 Å². The molecule has 1 N–H and O–H groups in total. The van der Waals surface area contributed by atoms with Gasteiger partial charge in [-0.25, -0.2) is 4.39 Å². The molecule has 1 aliphatic rings. The number of hydrogen-bond donors (Lipinski definition) is 1. The molecule has 1 atom stereocenters. The number of nitrogens with one attached hydrogen (secondary N) is 1. The van der Waals surface area contributed by atoms with E-state index >= 15 is 0 Å². The van der Waals surface area contributed by atoms with E-state index in [9.17, 15) is 9.18 Å². The Morgan fingerprint density at radius 2 is 2.00 bits per heavy atom. The number of ether oxygens (including phenoxy) is 1. The number of benzene rings is 1. The van der Waals surface area contributed by atoms with Gasteiger partial charge >= 0.3 is 0 Å². The van der Waals surface area contributed by atoms with Crippen LogP contribution in [0.5, 0.6) is 0 Å². The fourth-order valence-electron chi connectivity index (χ4n) is 2.97. The van der Waals surface area contributed by atoms with Crippen LogP contribution in [0.25, 0.3) is 0 Å². The maximum Gasteiger partial charge on any atom is 0.227 e. The van der Waals surface area contributed by atoms with Crippen molar-refractivity contribution in [3.05, 3.63) is 58.0 Å². The first-order valence-corrected chi connectivity index (χ1v) is 9.46. The Labute approximate surface area is 151 Å². The van der Waals surface area contributed by atoms with E-state index in [1.165, 1.54) is 12.1 Å². The van der Waals surface area contributed by atoms with E-state index in [2.05, 4.69) is 10.2 Å². The molecule has 0 aliphatic carbocycles. The molecule has 4 nitrogen and oxygen atoms in total. The normalized spacial score (nSPS) is 16.5. The molecular weight excluding hydrogens is 339 g/mol. The average Bonchev–Trinajstić information content (AvgIpc) is 3.15. The van der Waals surface area contributed by atoms with Crippen LogP contribution in [-0.2, 0) is 16.0 Å². The third-order valence-electron chi connectivity index (χ3n) is 4.41. The predicted molar refractivity (Wildman–Crippen MR) is 97.4 cm³/mol. The second-order valence-electron chi connectivity index (χ2n) is 6.13. The van der Waals surface area contributed by atoms with Crippen molar-refractivity contribution in [2.45, 2.75) is 12.3 Å². The smallest absolute Gasteiger partial charge is 0.227 e. The van der Waals surface area contributed by atoms with Gasteiger partial charge in [-0.3, -0.25) is 9.69 Å². The third-order valence-corrected chi connectivity index (χ3v) is 5.30. The lowest BCUT2D eigenvalue weighted by Crippen LogP contribution is -2.42. The molecular formula is C19H23FN2O2S. The van der Waals surface area contributed by atoms with E-state index in [4.69, 9.17) is 4.74 Å². The van der Waals surface area contributed by atoms with E-state index in [0.717, 1.165) is 43.3 Å². The molecule has 0 saturated carbocycles. The quantitative estimate of drug-likeness (QED) is 0.823. The van der Waals surface area contributed by atoms with E-state index in [0.29, 0.717) is 13.0 Å². The molecule has 1 aromatic carbocycles. The van der Waals surface area contributed by atoms with Crippen LogP contribution in [0.4, 0.5) is 4.39 Å².